The number of hydrogen-bond donors (Lipinski definition) is 0. The molecule has 3 heterocycles. The number of likely N-dealkylation sites (N-methyl/N-ethyl adjacent to an activating group) is 1. The van der Waals surface area contributed by atoms with Crippen LogP contribution in [0.1, 0.15) is 17.3 Å². The summed E-state index contributed by atoms with van der Waals surface area (Å²) in [5, 5.41) is 7.55. The van der Waals surface area contributed by atoms with Crippen LogP contribution >= 0.6 is 0 Å². The van der Waals surface area contributed by atoms with E-state index in [1.165, 1.54) is 54.4 Å². The molecule has 4 nitrogen and oxygen atoms in total. The first kappa shape index (κ1) is 29.6. The zero-order valence-electron chi connectivity index (χ0n) is 29.0. The Kier molecular flexibility index (Phi) is 6.41. The topological polar surface area (TPSA) is 25.5 Å². The Morgan fingerprint density at radius 1 is 0.491 bits per heavy atom. The van der Waals surface area contributed by atoms with Gasteiger partial charge in [0.05, 0.1) is 33.5 Å². The molecule has 1 atom stereocenters. The van der Waals surface area contributed by atoms with E-state index in [4.69, 9.17) is 4.99 Å². The highest BCUT2D eigenvalue weighted by molar-refractivity contribution is 6.36. The van der Waals surface area contributed by atoms with Crippen molar-refractivity contribution in [1.82, 2.24) is 14.0 Å². The minimum atomic E-state index is -0.197. The summed E-state index contributed by atoms with van der Waals surface area (Å²) in [7, 11) is 2.12. The lowest BCUT2D eigenvalue weighted by Gasteiger charge is -2.34. The summed E-state index contributed by atoms with van der Waals surface area (Å²) in [5.41, 5.74) is 18.7. The molecule has 7 aromatic carbocycles. The largest absolute Gasteiger partial charge is 0.348 e. The lowest BCUT2D eigenvalue weighted by atomic mass is 9.95. The molecule has 1 unspecified atom stereocenters. The highest BCUT2D eigenvalue weighted by Gasteiger charge is 2.29. The van der Waals surface area contributed by atoms with Crippen LogP contribution in [0.25, 0.3) is 65.8 Å². The van der Waals surface area contributed by atoms with Gasteiger partial charge in [-0.15, -0.1) is 0 Å². The average Bonchev–Trinajstić information content (AvgIpc) is 3.76. The molecule has 2 aliphatic rings. The molecule has 0 saturated carbocycles. The molecule has 0 N–H and O–H groups in total. The predicted octanol–water partition coefficient (Wildman–Crippen LogP) is 11.6. The molecule has 1 aliphatic heterocycles. The summed E-state index contributed by atoms with van der Waals surface area (Å²) in [5.74, 6) is 0. The molecular formula is C49H32N4. The van der Waals surface area contributed by atoms with Crippen LogP contribution in [-0.4, -0.2) is 26.8 Å². The van der Waals surface area contributed by atoms with Gasteiger partial charge in [0.1, 0.15) is 6.17 Å². The quantitative estimate of drug-likeness (QED) is 0.170. The zero-order valence-corrected chi connectivity index (χ0v) is 29.0. The maximum absolute atomic E-state index is 5.38. The molecule has 0 fully saturated rings. The average molecular weight is 677 g/mol. The molecule has 1 aliphatic carbocycles. The second-order valence-corrected chi connectivity index (χ2v) is 13.8. The van der Waals surface area contributed by atoms with Crippen molar-refractivity contribution in [2.24, 2.45) is 4.99 Å². The van der Waals surface area contributed by atoms with Crippen molar-refractivity contribution in [2.45, 2.75) is 6.17 Å². The Balaban J connectivity index is 1.19. The van der Waals surface area contributed by atoms with Crippen molar-refractivity contribution in [3.63, 3.8) is 0 Å². The third kappa shape index (κ3) is 4.29. The van der Waals surface area contributed by atoms with Gasteiger partial charge in [0, 0.05) is 63.3 Å². The lowest BCUT2D eigenvalue weighted by Crippen LogP contribution is -2.30. The second kappa shape index (κ2) is 11.5. The fourth-order valence-corrected chi connectivity index (χ4v) is 8.69. The second-order valence-electron chi connectivity index (χ2n) is 13.8. The molecule has 0 radical (unpaired) electrons. The van der Waals surface area contributed by atoms with Crippen LogP contribution in [0.4, 0.5) is 0 Å². The summed E-state index contributed by atoms with van der Waals surface area (Å²) in [4.78, 5) is 7.63. The van der Waals surface area contributed by atoms with E-state index >= 15 is 0 Å². The van der Waals surface area contributed by atoms with Gasteiger partial charge >= 0.3 is 0 Å². The maximum Gasteiger partial charge on any atom is 0.147 e. The van der Waals surface area contributed by atoms with Crippen molar-refractivity contribution < 1.29 is 0 Å². The van der Waals surface area contributed by atoms with Crippen molar-refractivity contribution >= 4 is 60.1 Å². The Morgan fingerprint density at radius 2 is 0.981 bits per heavy atom. The molecule has 53 heavy (non-hydrogen) atoms. The molecule has 0 bridgehead atoms. The number of nitrogens with zero attached hydrogens (tertiary/aromatic N) is 4. The highest BCUT2D eigenvalue weighted by Crippen LogP contribution is 2.46. The van der Waals surface area contributed by atoms with E-state index in [1.807, 2.05) is 18.2 Å². The van der Waals surface area contributed by atoms with Crippen LogP contribution in [0, 0.1) is 0 Å². The number of rotatable bonds is 4. The number of fused-ring (bicyclic) bond motifs is 10. The van der Waals surface area contributed by atoms with Gasteiger partial charge in [0.2, 0.25) is 0 Å². The zero-order chi connectivity index (χ0) is 35.0. The van der Waals surface area contributed by atoms with Crippen LogP contribution in [-0.2, 0) is 0 Å². The first-order chi connectivity index (χ1) is 26.3. The molecule has 0 amide bonds. The van der Waals surface area contributed by atoms with E-state index < -0.39 is 0 Å². The van der Waals surface area contributed by atoms with Crippen LogP contribution in [0.15, 0.2) is 198 Å². The molecule has 11 rings (SSSR count). The van der Waals surface area contributed by atoms with E-state index in [-0.39, 0.29) is 6.17 Å². The Bertz CT molecular complexity index is 3130. The SMILES string of the molecule is CN1C2=C(C=C=C=C2)C(c2ccccc2)=NC1c1ccc(-n2c3ccccc3c3c4ccccc4c4c5ccccc5n(-c5ccccc5)c4c32)cc1. The van der Waals surface area contributed by atoms with Gasteiger partial charge in [-0.1, -0.05) is 133 Å². The van der Waals surface area contributed by atoms with Crippen molar-refractivity contribution in [1.29, 1.82) is 0 Å². The summed E-state index contributed by atoms with van der Waals surface area (Å²) < 4.78 is 4.94. The third-order valence-corrected chi connectivity index (χ3v) is 11.0. The van der Waals surface area contributed by atoms with E-state index in [2.05, 4.69) is 184 Å². The van der Waals surface area contributed by atoms with E-state index in [0.29, 0.717) is 0 Å². The number of aliphatic imine (C=N–C) groups is 1. The van der Waals surface area contributed by atoms with E-state index in [1.54, 1.807) is 0 Å². The normalized spacial score (nSPS) is 15.4. The first-order valence-corrected chi connectivity index (χ1v) is 18.1. The fourth-order valence-electron chi connectivity index (χ4n) is 8.69. The number of para-hydroxylation sites is 3. The van der Waals surface area contributed by atoms with Crippen molar-refractivity contribution in [3.05, 3.63) is 204 Å². The van der Waals surface area contributed by atoms with E-state index in [0.717, 1.165) is 39.5 Å². The predicted molar refractivity (Wildman–Crippen MR) is 219 cm³/mol. The first-order valence-electron chi connectivity index (χ1n) is 18.1. The fraction of sp³-hybridized carbons (Fsp3) is 0.0408. The monoisotopic (exact) mass is 676 g/mol. The molecule has 0 spiro atoms. The van der Waals surface area contributed by atoms with Crippen LogP contribution in [0.2, 0.25) is 0 Å². The number of allylic oxidation sites excluding steroid dienone is 3. The maximum atomic E-state index is 5.38. The van der Waals surface area contributed by atoms with Crippen molar-refractivity contribution in [2.75, 3.05) is 7.05 Å². The molecule has 4 heteroatoms. The Morgan fingerprint density at radius 3 is 1.58 bits per heavy atom. The Labute approximate surface area is 306 Å². The van der Waals surface area contributed by atoms with Gasteiger partial charge in [-0.2, -0.15) is 0 Å². The lowest BCUT2D eigenvalue weighted by molar-refractivity contribution is 0.321. The van der Waals surface area contributed by atoms with Crippen LogP contribution < -0.4 is 0 Å². The standard InChI is InChI=1S/C49H32N4/c1-51-41-25-13-12-24-40(41)46(32-16-4-2-5-17-32)50-49(51)33-28-30-35(31-29-33)53-43-27-15-11-23-39(43)45-37-21-9-8-20-36(37)44-38-22-10-14-26-42(38)52(47(44)48(45)53)34-18-6-3-7-19-34/h2-11,14-31,49H,1H3. The van der Waals surface area contributed by atoms with Gasteiger partial charge in [-0.05, 0) is 52.7 Å². The molecule has 0 saturated heterocycles. The van der Waals surface area contributed by atoms with E-state index in [9.17, 15) is 0 Å². The molecular weight excluding hydrogens is 645 g/mol. The minimum Gasteiger partial charge on any atom is -0.348 e. The van der Waals surface area contributed by atoms with Gasteiger partial charge in [0.25, 0.3) is 0 Å². The summed E-state index contributed by atoms with van der Waals surface area (Å²) in [6, 6.07) is 56.9. The van der Waals surface area contributed by atoms with Gasteiger partial charge in [0.15, 0.2) is 0 Å². The van der Waals surface area contributed by atoms with Crippen LogP contribution in [0.5, 0.6) is 0 Å². The molecule has 248 valence electrons. The van der Waals surface area contributed by atoms with Gasteiger partial charge in [-0.3, -0.25) is 4.99 Å². The summed E-state index contributed by atoms with van der Waals surface area (Å²) in [6.07, 6.45) is 3.82. The number of hydrogen-bond acceptors (Lipinski definition) is 2. The Hall–Kier alpha value is -7.09. The smallest absolute Gasteiger partial charge is 0.147 e. The van der Waals surface area contributed by atoms with Gasteiger partial charge in [-0.25, -0.2) is 0 Å². The highest BCUT2D eigenvalue weighted by atomic mass is 15.2. The van der Waals surface area contributed by atoms with Crippen molar-refractivity contribution in [3.8, 4) is 11.4 Å². The van der Waals surface area contributed by atoms with Crippen LogP contribution in [0.3, 0.4) is 0 Å². The number of benzene rings is 7. The number of aromatic nitrogens is 2. The molecule has 2 aromatic heterocycles. The third-order valence-electron chi connectivity index (χ3n) is 11.0. The summed E-state index contributed by atoms with van der Waals surface area (Å²) in [6.45, 7) is 0. The molecule has 9 aromatic rings. The summed E-state index contributed by atoms with van der Waals surface area (Å²) >= 11 is 0. The minimum absolute atomic E-state index is 0.197. The van der Waals surface area contributed by atoms with Gasteiger partial charge < -0.3 is 14.0 Å².